The zero-order valence-electron chi connectivity index (χ0n) is 17.6. The Morgan fingerprint density at radius 3 is 0.750 bits per heavy atom. The van der Waals surface area contributed by atoms with E-state index in [0.717, 1.165) is 0 Å². The molecule has 0 aliphatic carbocycles. The smallest absolute Gasteiger partial charge is 0.310 e. The van der Waals surface area contributed by atoms with Gasteiger partial charge in [0, 0.05) is 6.42 Å². The van der Waals surface area contributed by atoms with Crippen molar-refractivity contribution in [2.24, 2.45) is 0 Å². The van der Waals surface area contributed by atoms with Crippen LogP contribution in [0.4, 0.5) is 0 Å². The summed E-state index contributed by atoms with van der Waals surface area (Å²) >= 11 is 0. The molecule has 0 aromatic rings. The standard InChI is InChI=1S/C21H24O11/c1-2-12(22)3-13(23)4-14(24)5-15(25)6-16(26)7-17(27)8-18(28)9-19(29)10-20(30)11-21(31)32/h2-11H2,1H3,(H,31,32). The second-order valence-corrected chi connectivity index (χ2v) is 7.19. The number of aliphatic carboxylic acids is 1. The van der Waals surface area contributed by atoms with Crippen molar-refractivity contribution in [3.63, 3.8) is 0 Å². The van der Waals surface area contributed by atoms with Crippen molar-refractivity contribution < 1.29 is 53.1 Å². The van der Waals surface area contributed by atoms with E-state index in [1.807, 2.05) is 0 Å². The molecule has 0 spiro atoms. The first-order valence-electron chi connectivity index (χ1n) is 9.69. The average molecular weight is 452 g/mol. The Balaban J connectivity index is 4.32. The van der Waals surface area contributed by atoms with Crippen LogP contribution in [-0.4, -0.2) is 63.1 Å². The molecule has 174 valence electrons. The van der Waals surface area contributed by atoms with Gasteiger partial charge < -0.3 is 5.11 Å². The maximum Gasteiger partial charge on any atom is 0.310 e. The lowest BCUT2D eigenvalue weighted by atomic mass is 9.99. The van der Waals surface area contributed by atoms with E-state index in [-0.39, 0.29) is 12.2 Å². The second-order valence-electron chi connectivity index (χ2n) is 7.19. The van der Waals surface area contributed by atoms with Gasteiger partial charge in [-0.2, -0.15) is 0 Å². The lowest BCUT2D eigenvalue weighted by molar-refractivity contribution is -0.141. The Labute approximate surface area is 182 Å². The fourth-order valence-electron chi connectivity index (χ4n) is 2.55. The van der Waals surface area contributed by atoms with Gasteiger partial charge in [-0.25, -0.2) is 0 Å². The molecular weight excluding hydrogens is 428 g/mol. The molecule has 1 N–H and O–H groups in total. The SMILES string of the molecule is CCC(=O)CC(=O)CC(=O)CC(=O)CC(=O)CC(=O)CC(=O)CC(=O)CC(=O)CC(=O)O. The van der Waals surface area contributed by atoms with E-state index in [0.29, 0.717) is 0 Å². The van der Waals surface area contributed by atoms with Gasteiger partial charge in [-0.3, -0.25) is 47.9 Å². The molecule has 0 rings (SSSR count). The van der Waals surface area contributed by atoms with Crippen LogP contribution >= 0.6 is 0 Å². The maximum atomic E-state index is 11.8. The molecule has 0 fully saturated rings. The minimum Gasteiger partial charge on any atom is -0.481 e. The van der Waals surface area contributed by atoms with E-state index < -0.39 is 110 Å². The predicted octanol–water partition coefficient (Wildman–Crippen LogP) is 0.114. The Kier molecular flexibility index (Phi) is 12.9. The molecule has 0 aliphatic rings. The van der Waals surface area contributed by atoms with Crippen LogP contribution in [0, 0.1) is 0 Å². The van der Waals surface area contributed by atoms with Gasteiger partial charge in [-0.1, -0.05) is 6.92 Å². The first-order chi connectivity index (χ1) is 14.8. The molecule has 11 nitrogen and oxygen atoms in total. The van der Waals surface area contributed by atoms with Gasteiger partial charge >= 0.3 is 5.97 Å². The van der Waals surface area contributed by atoms with Gasteiger partial charge in [0.1, 0.15) is 52.7 Å². The van der Waals surface area contributed by atoms with Gasteiger partial charge in [0.2, 0.25) is 0 Å². The number of hydrogen-bond acceptors (Lipinski definition) is 10. The van der Waals surface area contributed by atoms with Crippen molar-refractivity contribution in [3.05, 3.63) is 0 Å². The molecule has 0 atom stereocenters. The minimum atomic E-state index is -1.42. The molecule has 0 heterocycles. The molecule has 0 radical (unpaired) electrons. The van der Waals surface area contributed by atoms with E-state index in [1.54, 1.807) is 6.92 Å². The summed E-state index contributed by atoms with van der Waals surface area (Å²) in [4.78, 5) is 114. The third kappa shape index (κ3) is 14.5. The second kappa shape index (κ2) is 14.5. The number of ketones is 9. The highest BCUT2D eigenvalue weighted by molar-refractivity contribution is 6.18. The number of carbonyl (C=O) groups is 10. The molecule has 11 heteroatoms. The number of carboxylic acids is 1. The lowest BCUT2D eigenvalue weighted by Gasteiger charge is -2.02. The molecule has 0 bridgehead atoms. The van der Waals surface area contributed by atoms with E-state index in [9.17, 15) is 47.9 Å². The molecule has 0 saturated heterocycles. The average Bonchev–Trinajstić information content (AvgIpc) is 2.58. The van der Waals surface area contributed by atoms with Gasteiger partial charge in [-0.15, -0.1) is 0 Å². The highest BCUT2D eigenvalue weighted by Gasteiger charge is 2.21. The number of rotatable bonds is 19. The molecule has 0 saturated carbocycles. The Bertz CT molecular complexity index is 848. The quantitative estimate of drug-likeness (QED) is 0.262. The summed E-state index contributed by atoms with van der Waals surface area (Å²) in [7, 11) is 0. The van der Waals surface area contributed by atoms with Crippen molar-refractivity contribution in [1.29, 1.82) is 0 Å². The van der Waals surface area contributed by atoms with Crippen molar-refractivity contribution in [2.45, 2.75) is 71.1 Å². The highest BCUT2D eigenvalue weighted by Crippen LogP contribution is 2.05. The first kappa shape index (κ1) is 28.5. The summed E-state index contributed by atoms with van der Waals surface area (Å²) in [6.07, 6.45) is -6.29. The zero-order valence-corrected chi connectivity index (χ0v) is 17.6. The molecule has 0 aromatic carbocycles. The normalized spacial score (nSPS) is 10.2. The summed E-state index contributed by atoms with van der Waals surface area (Å²) < 4.78 is 0. The summed E-state index contributed by atoms with van der Waals surface area (Å²) in [5, 5.41) is 8.43. The molecule has 0 unspecified atom stereocenters. The van der Waals surface area contributed by atoms with Crippen molar-refractivity contribution in [2.75, 3.05) is 0 Å². The van der Waals surface area contributed by atoms with Crippen LogP contribution in [0.25, 0.3) is 0 Å². The third-order valence-corrected chi connectivity index (χ3v) is 3.90. The van der Waals surface area contributed by atoms with Gasteiger partial charge in [0.05, 0.1) is 51.4 Å². The van der Waals surface area contributed by atoms with Crippen LogP contribution < -0.4 is 0 Å². The van der Waals surface area contributed by atoms with E-state index in [1.165, 1.54) is 0 Å². The monoisotopic (exact) mass is 452 g/mol. The molecule has 0 aliphatic heterocycles. The zero-order chi connectivity index (χ0) is 24.8. The maximum absolute atomic E-state index is 11.8. The topological polar surface area (TPSA) is 191 Å². The van der Waals surface area contributed by atoms with Crippen LogP contribution in [0.1, 0.15) is 71.1 Å². The summed E-state index contributed by atoms with van der Waals surface area (Å²) in [6.45, 7) is 1.56. The van der Waals surface area contributed by atoms with E-state index >= 15 is 0 Å². The highest BCUT2D eigenvalue weighted by atomic mass is 16.4. The van der Waals surface area contributed by atoms with Crippen molar-refractivity contribution in [1.82, 2.24) is 0 Å². The molecule has 32 heavy (non-hydrogen) atoms. The largest absolute Gasteiger partial charge is 0.481 e. The third-order valence-electron chi connectivity index (χ3n) is 3.90. The van der Waals surface area contributed by atoms with E-state index in [4.69, 9.17) is 5.11 Å². The summed E-state index contributed by atoms with van der Waals surface area (Å²) in [5.41, 5.74) is 0. The number of carbonyl (C=O) groups excluding carboxylic acids is 9. The van der Waals surface area contributed by atoms with Gasteiger partial charge in [0.25, 0.3) is 0 Å². The van der Waals surface area contributed by atoms with Crippen LogP contribution in [0.3, 0.4) is 0 Å². The number of carboxylic acid groups (broad SMARTS) is 1. The van der Waals surface area contributed by atoms with Crippen LogP contribution in [0.5, 0.6) is 0 Å². The molecule has 0 amide bonds. The lowest BCUT2D eigenvalue weighted by Crippen LogP contribution is -2.20. The number of Topliss-reactive ketones (excluding diaryl/α,β-unsaturated/α-hetero) is 9. The fourth-order valence-corrected chi connectivity index (χ4v) is 2.55. The Hall–Kier alpha value is -3.50. The Morgan fingerprint density at radius 1 is 0.375 bits per heavy atom. The summed E-state index contributed by atoms with van der Waals surface area (Å²) in [6, 6.07) is 0. The van der Waals surface area contributed by atoms with Crippen LogP contribution in [0.2, 0.25) is 0 Å². The van der Waals surface area contributed by atoms with E-state index in [2.05, 4.69) is 0 Å². The first-order valence-corrected chi connectivity index (χ1v) is 9.69. The van der Waals surface area contributed by atoms with Crippen LogP contribution in [-0.2, 0) is 47.9 Å². The molecule has 0 aromatic heterocycles. The Morgan fingerprint density at radius 2 is 0.562 bits per heavy atom. The van der Waals surface area contributed by atoms with Crippen molar-refractivity contribution >= 4 is 58.0 Å². The van der Waals surface area contributed by atoms with Crippen molar-refractivity contribution in [3.8, 4) is 0 Å². The minimum absolute atomic E-state index is 0.140. The van der Waals surface area contributed by atoms with Gasteiger partial charge in [0.15, 0.2) is 5.78 Å². The summed E-state index contributed by atoms with van der Waals surface area (Å²) in [5.74, 6) is -8.29. The van der Waals surface area contributed by atoms with Gasteiger partial charge in [-0.05, 0) is 0 Å². The number of hydrogen-bond donors (Lipinski definition) is 1. The fraction of sp³-hybridized carbons (Fsp3) is 0.524. The predicted molar refractivity (Wildman–Crippen MR) is 105 cm³/mol. The molecular formula is C21H24O11. The van der Waals surface area contributed by atoms with Crippen LogP contribution in [0.15, 0.2) is 0 Å².